The van der Waals surface area contributed by atoms with Gasteiger partial charge in [-0.25, -0.2) is 0 Å². The van der Waals surface area contributed by atoms with Crippen molar-refractivity contribution in [3.05, 3.63) is 77.5 Å². The normalized spacial score (nSPS) is 16.1. The molecule has 0 bridgehead atoms. The molecule has 1 N–H and O–H groups in total. The van der Waals surface area contributed by atoms with Crippen molar-refractivity contribution in [2.24, 2.45) is 0 Å². The molecule has 0 spiro atoms. The maximum absolute atomic E-state index is 12.2. The first-order valence-corrected chi connectivity index (χ1v) is 8.78. The molecule has 0 aliphatic carbocycles. The van der Waals surface area contributed by atoms with Gasteiger partial charge >= 0.3 is 0 Å². The summed E-state index contributed by atoms with van der Waals surface area (Å²) in [6.45, 7) is 0.690. The molecular weight excluding hydrogens is 324 g/mol. The van der Waals surface area contributed by atoms with Crippen LogP contribution < -0.4 is 10.2 Å². The van der Waals surface area contributed by atoms with Gasteiger partial charge in [-0.2, -0.15) is 5.10 Å². The van der Waals surface area contributed by atoms with Crippen molar-refractivity contribution in [2.75, 3.05) is 24.3 Å². The van der Waals surface area contributed by atoms with Gasteiger partial charge in [0.25, 0.3) is 0 Å². The average molecular weight is 346 g/mol. The molecule has 1 aliphatic heterocycles. The van der Waals surface area contributed by atoms with E-state index in [-0.39, 0.29) is 11.8 Å². The highest BCUT2D eigenvalue weighted by Crippen LogP contribution is 2.37. The number of rotatable bonds is 4. The number of nitrogens with zero attached hydrogens (tertiary/aromatic N) is 3. The topological polar surface area (TPSA) is 50.2 Å². The number of benzene rings is 2. The molecule has 0 fully saturated rings. The SMILES string of the molecule is CN(C)c1ccc(C2CC(=O)Nc3nn(Cc4ccccc4)cc32)cc1. The molecule has 2 heterocycles. The lowest BCUT2D eigenvalue weighted by Crippen LogP contribution is -2.23. The van der Waals surface area contributed by atoms with E-state index >= 15 is 0 Å². The van der Waals surface area contributed by atoms with Crippen molar-refractivity contribution in [1.29, 1.82) is 0 Å². The Morgan fingerprint density at radius 3 is 2.54 bits per heavy atom. The predicted molar refractivity (Wildman–Crippen MR) is 104 cm³/mol. The van der Waals surface area contributed by atoms with Crippen molar-refractivity contribution < 1.29 is 4.79 Å². The van der Waals surface area contributed by atoms with Crippen molar-refractivity contribution in [2.45, 2.75) is 18.9 Å². The second kappa shape index (κ2) is 6.67. The monoisotopic (exact) mass is 346 g/mol. The summed E-state index contributed by atoms with van der Waals surface area (Å²) in [5, 5.41) is 7.51. The van der Waals surface area contributed by atoms with Crippen LogP contribution in [0.5, 0.6) is 0 Å². The molecule has 3 aromatic rings. The number of carbonyl (C=O) groups excluding carboxylic acids is 1. The Morgan fingerprint density at radius 1 is 1.12 bits per heavy atom. The summed E-state index contributed by atoms with van der Waals surface area (Å²) in [7, 11) is 4.05. The molecular formula is C21H22N4O. The Kier molecular flexibility index (Phi) is 4.21. The van der Waals surface area contributed by atoms with E-state index in [1.54, 1.807) is 0 Å². The highest BCUT2D eigenvalue weighted by Gasteiger charge is 2.29. The van der Waals surface area contributed by atoms with Crippen LogP contribution >= 0.6 is 0 Å². The molecule has 5 heteroatoms. The van der Waals surface area contributed by atoms with Crippen LogP contribution in [0.3, 0.4) is 0 Å². The lowest BCUT2D eigenvalue weighted by Gasteiger charge is -2.22. The summed E-state index contributed by atoms with van der Waals surface area (Å²) < 4.78 is 1.91. The Bertz CT molecular complexity index is 913. The predicted octanol–water partition coefficient (Wildman–Crippen LogP) is 3.47. The first-order valence-electron chi connectivity index (χ1n) is 8.78. The zero-order valence-corrected chi connectivity index (χ0v) is 15.0. The van der Waals surface area contributed by atoms with E-state index in [1.807, 2.05) is 37.0 Å². The number of anilines is 2. The zero-order chi connectivity index (χ0) is 18.1. The summed E-state index contributed by atoms with van der Waals surface area (Å²) in [5.74, 6) is 0.738. The average Bonchev–Trinajstić information content (AvgIpc) is 3.04. The van der Waals surface area contributed by atoms with Gasteiger partial charge < -0.3 is 10.2 Å². The fraction of sp³-hybridized carbons (Fsp3) is 0.238. The number of nitrogens with one attached hydrogen (secondary N) is 1. The summed E-state index contributed by atoms with van der Waals surface area (Å²) >= 11 is 0. The smallest absolute Gasteiger partial charge is 0.226 e. The van der Waals surface area contributed by atoms with Gasteiger partial charge in [-0.3, -0.25) is 9.48 Å². The van der Waals surface area contributed by atoms with Gasteiger partial charge in [-0.15, -0.1) is 0 Å². The fourth-order valence-corrected chi connectivity index (χ4v) is 3.42. The standard InChI is InChI=1S/C21H22N4O/c1-24(2)17-10-8-16(9-11-17)18-12-20(26)22-21-19(18)14-25(23-21)13-15-6-4-3-5-7-15/h3-11,14,18H,12-13H2,1-2H3,(H,22,23,26). The van der Waals surface area contributed by atoms with Crippen LogP contribution in [-0.2, 0) is 11.3 Å². The van der Waals surface area contributed by atoms with Gasteiger partial charge in [0, 0.05) is 43.9 Å². The van der Waals surface area contributed by atoms with Gasteiger partial charge in [0.1, 0.15) is 0 Å². The lowest BCUT2D eigenvalue weighted by atomic mass is 9.87. The quantitative estimate of drug-likeness (QED) is 0.787. The van der Waals surface area contributed by atoms with Crippen molar-refractivity contribution in [1.82, 2.24) is 9.78 Å². The summed E-state index contributed by atoms with van der Waals surface area (Å²) in [6.07, 6.45) is 2.51. The largest absolute Gasteiger partial charge is 0.378 e. The summed E-state index contributed by atoms with van der Waals surface area (Å²) in [4.78, 5) is 14.3. The molecule has 0 saturated carbocycles. The van der Waals surface area contributed by atoms with E-state index in [0.29, 0.717) is 18.8 Å². The molecule has 26 heavy (non-hydrogen) atoms. The van der Waals surface area contributed by atoms with Gasteiger partial charge in [0.05, 0.1) is 6.54 Å². The van der Waals surface area contributed by atoms with Crippen LogP contribution in [0.2, 0.25) is 0 Å². The molecule has 0 radical (unpaired) electrons. The van der Waals surface area contributed by atoms with Crippen molar-refractivity contribution >= 4 is 17.4 Å². The zero-order valence-electron chi connectivity index (χ0n) is 15.0. The number of hydrogen-bond acceptors (Lipinski definition) is 3. The minimum atomic E-state index is 0.0177. The van der Waals surface area contributed by atoms with Crippen LogP contribution in [0.25, 0.3) is 0 Å². The molecule has 4 rings (SSSR count). The number of fused-ring (bicyclic) bond motifs is 1. The Hall–Kier alpha value is -3.08. The minimum Gasteiger partial charge on any atom is -0.378 e. The highest BCUT2D eigenvalue weighted by molar-refractivity contribution is 5.94. The molecule has 5 nitrogen and oxygen atoms in total. The first-order chi connectivity index (χ1) is 12.6. The van der Waals surface area contributed by atoms with Crippen LogP contribution in [0, 0.1) is 0 Å². The maximum atomic E-state index is 12.2. The van der Waals surface area contributed by atoms with Crippen LogP contribution in [0.1, 0.15) is 29.0 Å². The van der Waals surface area contributed by atoms with Crippen molar-refractivity contribution in [3.8, 4) is 0 Å². The molecule has 132 valence electrons. The molecule has 2 aromatic carbocycles. The van der Waals surface area contributed by atoms with E-state index in [1.165, 1.54) is 5.56 Å². The van der Waals surface area contributed by atoms with Crippen LogP contribution in [-0.4, -0.2) is 29.8 Å². The summed E-state index contributed by atoms with van der Waals surface area (Å²) in [5.41, 5.74) is 4.56. The van der Waals surface area contributed by atoms with Crippen LogP contribution in [0.15, 0.2) is 60.8 Å². The van der Waals surface area contributed by atoms with E-state index in [9.17, 15) is 4.79 Å². The third kappa shape index (κ3) is 3.20. The number of carbonyl (C=O) groups is 1. The first kappa shape index (κ1) is 16.4. The van der Waals surface area contributed by atoms with E-state index in [4.69, 9.17) is 0 Å². The molecule has 1 aromatic heterocycles. The Balaban J connectivity index is 1.65. The molecule has 1 unspecified atom stereocenters. The Morgan fingerprint density at radius 2 is 1.85 bits per heavy atom. The maximum Gasteiger partial charge on any atom is 0.226 e. The summed E-state index contributed by atoms with van der Waals surface area (Å²) in [6, 6.07) is 18.6. The molecule has 1 amide bonds. The Labute approximate surface area is 153 Å². The van der Waals surface area contributed by atoms with E-state index in [0.717, 1.165) is 16.8 Å². The second-order valence-electron chi connectivity index (χ2n) is 6.91. The van der Waals surface area contributed by atoms with E-state index in [2.05, 4.69) is 57.9 Å². The van der Waals surface area contributed by atoms with Crippen molar-refractivity contribution in [3.63, 3.8) is 0 Å². The lowest BCUT2D eigenvalue weighted by molar-refractivity contribution is -0.116. The number of aromatic nitrogens is 2. The highest BCUT2D eigenvalue weighted by atomic mass is 16.1. The number of amides is 1. The number of hydrogen-bond donors (Lipinski definition) is 1. The second-order valence-corrected chi connectivity index (χ2v) is 6.91. The molecule has 1 atom stereocenters. The van der Waals surface area contributed by atoms with Gasteiger partial charge in [-0.1, -0.05) is 42.5 Å². The van der Waals surface area contributed by atoms with Gasteiger partial charge in [0.2, 0.25) is 5.91 Å². The minimum absolute atomic E-state index is 0.0177. The fourth-order valence-electron chi connectivity index (χ4n) is 3.42. The van der Waals surface area contributed by atoms with Gasteiger partial charge in [-0.05, 0) is 23.3 Å². The van der Waals surface area contributed by atoms with E-state index < -0.39 is 0 Å². The molecule has 0 saturated heterocycles. The van der Waals surface area contributed by atoms with Gasteiger partial charge in [0.15, 0.2) is 5.82 Å². The van der Waals surface area contributed by atoms with Crippen LogP contribution in [0.4, 0.5) is 11.5 Å². The third-order valence-corrected chi connectivity index (χ3v) is 4.81. The third-order valence-electron chi connectivity index (χ3n) is 4.81. The molecule has 1 aliphatic rings.